The number of rotatable bonds is 0. The van der Waals surface area contributed by atoms with Crippen LogP contribution in [0, 0.1) is 34.0 Å². The number of fused-ring (bicyclic) bond motifs is 2. The molecule has 4 saturated carbocycles. The highest BCUT2D eigenvalue weighted by Crippen LogP contribution is 2.76. The summed E-state index contributed by atoms with van der Waals surface area (Å²) in [5.41, 5.74) is -2.49. The number of aliphatic hydroxyl groups is 4. The fourth-order valence-corrected chi connectivity index (χ4v) is 7.90. The van der Waals surface area contributed by atoms with Gasteiger partial charge >= 0.3 is 0 Å². The molecule has 6 aliphatic rings. The molecule has 4 N–H and O–H groups in total. The Balaban J connectivity index is 1.81. The average molecular weight is 364 g/mol. The van der Waals surface area contributed by atoms with Crippen LogP contribution in [0.5, 0.6) is 0 Å². The third-order valence-electron chi connectivity index (χ3n) is 8.88. The van der Waals surface area contributed by atoms with Gasteiger partial charge in [-0.25, -0.2) is 0 Å². The molecule has 2 saturated heterocycles. The van der Waals surface area contributed by atoms with E-state index in [2.05, 4.69) is 6.58 Å². The van der Waals surface area contributed by atoms with Crippen LogP contribution in [0.15, 0.2) is 12.2 Å². The Morgan fingerprint density at radius 2 is 1.81 bits per heavy atom. The molecule has 0 aromatic carbocycles. The van der Waals surface area contributed by atoms with Crippen LogP contribution < -0.4 is 0 Å². The second-order valence-electron chi connectivity index (χ2n) is 9.97. The molecule has 26 heavy (non-hydrogen) atoms. The van der Waals surface area contributed by atoms with E-state index in [9.17, 15) is 25.2 Å². The number of Topliss-reactive ketones (excluding diaryl/α,β-unsaturated/α-hetero) is 1. The predicted octanol–water partition coefficient (Wildman–Crippen LogP) is 0.376. The zero-order valence-electron chi connectivity index (χ0n) is 15.3. The second kappa shape index (κ2) is 4.61. The Morgan fingerprint density at radius 1 is 1.12 bits per heavy atom. The Labute approximate surface area is 152 Å². The van der Waals surface area contributed by atoms with Crippen molar-refractivity contribution in [2.24, 2.45) is 34.0 Å². The van der Waals surface area contributed by atoms with Crippen LogP contribution in [0.2, 0.25) is 0 Å². The first-order valence-corrected chi connectivity index (χ1v) is 9.71. The van der Waals surface area contributed by atoms with Crippen LogP contribution in [-0.4, -0.2) is 56.9 Å². The topological polar surface area (TPSA) is 107 Å². The zero-order chi connectivity index (χ0) is 18.9. The van der Waals surface area contributed by atoms with Crippen molar-refractivity contribution >= 4 is 5.78 Å². The molecule has 0 radical (unpaired) electrons. The van der Waals surface area contributed by atoms with Crippen molar-refractivity contribution in [1.29, 1.82) is 0 Å². The lowest BCUT2D eigenvalue weighted by Crippen LogP contribution is -2.85. The zero-order valence-corrected chi connectivity index (χ0v) is 15.3. The standard InChI is InChI=1S/C20H28O6/c1-9-10-4-5-11-18-8-26-20(25,19(11,14(9)22)15(10)23)16(24)13(18)17(2,3)7-6-12(18)21/h10-13,15-16,21,23-25H,1,4-8H2,2-3H3/t10?,11?,12-,13+,15-,16-,18?,19?,20+/m0/s1. The molecule has 6 heteroatoms. The first-order valence-electron chi connectivity index (χ1n) is 9.71. The summed E-state index contributed by atoms with van der Waals surface area (Å²) < 4.78 is 5.80. The maximum absolute atomic E-state index is 13.3. The molecule has 144 valence electrons. The van der Waals surface area contributed by atoms with Gasteiger partial charge in [-0.05, 0) is 42.6 Å². The van der Waals surface area contributed by atoms with E-state index in [-0.39, 0.29) is 12.0 Å². The summed E-state index contributed by atoms with van der Waals surface area (Å²) in [5.74, 6) is -3.80. The van der Waals surface area contributed by atoms with Gasteiger partial charge in [0.1, 0.15) is 11.5 Å². The Kier molecular flexibility index (Phi) is 3.07. The maximum Gasteiger partial charge on any atom is 0.208 e. The van der Waals surface area contributed by atoms with E-state index in [1.807, 2.05) is 13.8 Å². The fourth-order valence-electron chi connectivity index (χ4n) is 7.90. The van der Waals surface area contributed by atoms with Gasteiger partial charge in [0.05, 0.1) is 18.8 Å². The SMILES string of the molecule is C=C1C(=O)C23C(CCC1[C@@H]2O)C12CO[C@]3(O)[C@@H](O)[C@@H]1C(C)(C)CC[C@@H]2O. The van der Waals surface area contributed by atoms with Crippen molar-refractivity contribution in [2.75, 3.05) is 6.61 Å². The minimum absolute atomic E-state index is 0.0966. The number of carbonyl (C=O) groups is 1. The molecule has 0 amide bonds. The van der Waals surface area contributed by atoms with Crippen LogP contribution in [0.4, 0.5) is 0 Å². The summed E-state index contributed by atoms with van der Waals surface area (Å²) in [7, 11) is 0. The molecule has 0 aromatic rings. The molecule has 4 unspecified atom stereocenters. The lowest BCUT2D eigenvalue weighted by atomic mass is 9.35. The van der Waals surface area contributed by atoms with E-state index in [4.69, 9.17) is 4.74 Å². The van der Waals surface area contributed by atoms with E-state index in [1.54, 1.807) is 0 Å². The smallest absolute Gasteiger partial charge is 0.208 e. The van der Waals surface area contributed by atoms with Crippen LogP contribution >= 0.6 is 0 Å². The van der Waals surface area contributed by atoms with Crippen LogP contribution in [0.25, 0.3) is 0 Å². The Bertz CT molecular complexity index is 717. The summed E-state index contributed by atoms with van der Waals surface area (Å²) in [6.07, 6.45) is -0.747. The van der Waals surface area contributed by atoms with Crippen molar-refractivity contribution in [3.8, 4) is 0 Å². The molecule has 2 aliphatic heterocycles. The molecular formula is C20H28O6. The van der Waals surface area contributed by atoms with Crippen molar-refractivity contribution in [2.45, 2.75) is 63.6 Å². The minimum atomic E-state index is -2.15. The first-order chi connectivity index (χ1) is 12.1. The quantitative estimate of drug-likeness (QED) is 0.463. The van der Waals surface area contributed by atoms with E-state index in [0.717, 1.165) is 6.42 Å². The van der Waals surface area contributed by atoms with Crippen LogP contribution in [-0.2, 0) is 9.53 Å². The summed E-state index contributed by atoms with van der Waals surface area (Å²) in [6.45, 7) is 8.07. The Hall–Kier alpha value is -0.790. The van der Waals surface area contributed by atoms with Crippen molar-refractivity contribution in [3.63, 3.8) is 0 Å². The third-order valence-corrected chi connectivity index (χ3v) is 8.88. The Morgan fingerprint density at radius 3 is 2.50 bits per heavy atom. The molecule has 6 nitrogen and oxygen atoms in total. The van der Waals surface area contributed by atoms with E-state index in [0.29, 0.717) is 24.8 Å². The maximum atomic E-state index is 13.3. The van der Waals surface area contributed by atoms with Gasteiger partial charge in [-0.3, -0.25) is 4.79 Å². The highest BCUT2D eigenvalue weighted by molar-refractivity contribution is 6.05. The van der Waals surface area contributed by atoms with Crippen molar-refractivity contribution in [1.82, 2.24) is 0 Å². The monoisotopic (exact) mass is 364 g/mol. The predicted molar refractivity (Wildman–Crippen MR) is 90.7 cm³/mol. The number of ketones is 1. The molecule has 2 heterocycles. The van der Waals surface area contributed by atoms with Gasteiger partial charge in [0.25, 0.3) is 0 Å². The fraction of sp³-hybridized carbons (Fsp3) is 0.850. The number of carbonyl (C=O) groups excluding carboxylic acids is 1. The number of ether oxygens (including phenoxy) is 1. The van der Waals surface area contributed by atoms with Gasteiger partial charge in [0, 0.05) is 17.3 Å². The average Bonchev–Trinajstić information content (AvgIpc) is 2.69. The van der Waals surface area contributed by atoms with Crippen LogP contribution in [0.3, 0.4) is 0 Å². The highest BCUT2D eigenvalue weighted by atomic mass is 16.6. The normalized spacial score (nSPS) is 59.9. The van der Waals surface area contributed by atoms with Crippen LogP contribution in [0.1, 0.15) is 39.5 Å². The number of hydrogen-bond acceptors (Lipinski definition) is 6. The summed E-state index contributed by atoms with van der Waals surface area (Å²) in [4.78, 5) is 13.3. The summed E-state index contributed by atoms with van der Waals surface area (Å²) in [6, 6.07) is 0. The molecule has 6 rings (SSSR count). The molecular weight excluding hydrogens is 336 g/mol. The van der Waals surface area contributed by atoms with Gasteiger partial charge in [-0.1, -0.05) is 20.4 Å². The molecule has 0 aromatic heterocycles. The van der Waals surface area contributed by atoms with Gasteiger partial charge in [-0.2, -0.15) is 0 Å². The summed E-state index contributed by atoms with van der Waals surface area (Å²) in [5, 5.41) is 45.1. The van der Waals surface area contributed by atoms with Crippen molar-refractivity contribution in [3.05, 3.63) is 12.2 Å². The highest BCUT2D eigenvalue weighted by Gasteiger charge is 2.86. The van der Waals surface area contributed by atoms with Gasteiger partial charge in [0.2, 0.25) is 5.79 Å². The number of aliphatic hydroxyl groups excluding tert-OH is 3. The van der Waals surface area contributed by atoms with Gasteiger partial charge in [-0.15, -0.1) is 0 Å². The van der Waals surface area contributed by atoms with E-state index in [1.165, 1.54) is 0 Å². The van der Waals surface area contributed by atoms with E-state index < -0.39 is 58.5 Å². The van der Waals surface area contributed by atoms with E-state index >= 15 is 0 Å². The molecule has 6 fully saturated rings. The third kappa shape index (κ3) is 1.41. The van der Waals surface area contributed by atoms with Gasteiger partial charge < -0.3 is 25.2 Å². The summed E-state index contributed by atoms with van der Waals surface area (Å²) >= 11 is 0. The first kappa shape index (κ1) is 17.3. The lowest BCUT2D eigenvalue weighted by Gasteiger charge is -2.74. The molecule has 9 atom stereocenters. The molecule has 2 spiro atoms. The molecule has 4 aliphatic carbocycles. The number of hydrogen-bond donors (Lipinski definition) is 4. The largest absolute Gasteiger partial charge is 0.392 e. The second-order valence-corrected chi connectivity index (χ2v) is 9.97. The molecule has 4 bridgehead atoms. The van der Waals surface area contributed by atoms with Gasteiger partial charge in [0.15, 0.2) is 5.78 Å². The minimum Gasteiger partial charge on any atom is -0.392 e. The van der Waals surface area contributed by atoms with Crippen molar-refractivity contribution < 1.29 is 30.0 Å². The lowest BCUT2D eigenvalue weighted by molar-refractivity contribution is -0.458.